The summed E-state index contributed by atoms with van der Waals surface area (Å²) in [6.07, 6.45) is 0. The molecule has 1 aromatic carbocycles. The molecule has 0 heterocycles. The number of hydrogen-bond acceptors (Lipinski definition) is 2. The first-order valence-corrected chi connectivity index (χ1v) is 4.46. The van der Waals surface area contributed by atoms with Gasteiger partial charge in [0.1, 0.15) is 12.4 Å². The van der Waals surface area contributed by atoms with Crippen LogP contribution in [-0.2, 0) is 0 Å². The van der Waals surface area contributed by atoms with Crippen LogP contribution in [0.25, 0.3) is 0 Å². The van der Waals surface area contributed by atoms with Gasteiger partial charge in [0.15, 0.2) is 0 Å². The van der Waals surface area contributed by atoms with E-state index < -0.39 is 5.60 Å². The first-order valence-electron chi connectivity index (χ1n) is 4.08. The molecular formula is C10H13ClO2. The zero-order valence-corrected chi connectivity index (χ0v) is 8.51. The smallest absolute Gasteiger partial charge is 0.119 e. The number of hydrogen-bond donors (Lipinski definition) is 1. The van der Waals surface area contributed by atoms with Crippen LogP contribution in [-0.4, -0.2) is 17.3 Å². The Kier molecular flexibility index (Phi) is 3.17. The second kappa shape index (κ2) is 3.99. The van der Waals surface area contributed by atoms with Gasteiger partial charge in [-0.3, -0.25) is 0 Å². The number of aliphatic hydroxyl groups is 1. The van der Waals surface area contributed by atoms with E-state index in [1.165, 1.54) is 0 Å². The molecule has 0 unspecified atom stereocenters. The first-order chi connectivity index (χ1) is 5.97. The second-order valence-electron chi connectivity index (χ2n) is 3.56. The molecule has 0 aliphatic rings. The van der Waals surface area contributed by atoms with Crippen LogP contribution >= 0.6 is 11.6 Å². The molecule has 1 rings (SSSR count). The van der Waals surface area contributed by atoms with Gasteiger partial charge < -0.3 is 9.84 Å². The highest BCUT2D eigenvalue weighted by molar-refractivity contribution is 6.30. The van der Waals surface area contributed by atoms with Crippen LogP contribution in [0.15, 0.2) is 24.3 Å². The summed E-state index contributed by atoms with van der Waals surface area (Å²) in [6.45, 7) is 3.67. The Hall–Kier alpha value is -0.730. The maximum absolute atomic E-state index is 9.38. The summed E-state index contributed by atoms with van der Waals surface area (Å²) in [5.74, 6) is 0.714. The Balaban J connectivity index is 2.51. The van der Waals surface area contributed by atoms with Gasteiger partial charge in [-0.2, -0.15) is 0 Å². The van der Waals surface area contributed by atoms with Crippen molar-refractivity contribution in [2.24, 2.45) is 0 Å². The molecule has 3 heteroatoms. The van der Waals surface area contributed by atoms with Gasteiger partial charge in [0, 0.05) is 5.02 Å². The van der Waals surface area contributed by atoms with Crippen LogP contribution in [0.3, 0.4) is 0 Å². The third-order valence-corrected chi connectivity index (χ3v) is 1.66. The summed E-state index contributed by atoms with van der Waals surface area (Å²) in [6, 6.07) is 7.05. The maximum atomic E-state index is 9.38. The summed E-state index contributed by atoms with van der Waals surface area (Å²) < 4.78 is 5.32. The van der Waals surface area contributed by atoms with Gasteiger partial charge in [-0.15, -0.1) is 0 Å². The summed E-state index contributed by atoms with van der Waals surface area (Å²) in [5, 5.41) is 10.1. The highest BCUT2D eigenvalue weighted by Crippen LogP contribution is 2.16. The largest absolute Gasteiger partial charge is 0.491 e. The van der Waals surface area contributed by atoms with E-state index in [1.807, 2.05) is 0 Å². The van der Waals surface area contributed by atoms with Crippen molar-refractivity contribution in [1.82, 2.24) is 0 Å². The fraction of sp³-hybridized carbons (Fsp3) is 0.400. The summed E-state index contributed by atoms with van der Waals surface area (Å²) in [5.41, 5.74) is -0.806. The van der Waals surface area contributed by atoms with Crippen LogP contribution in [0.4, 0.5) is 0 Å². The lowest BCUT2D eigenvalue weighted by atomic mass is 10.2. The van der Waals surface area contributed by atoms with Gasteiger partial charge >= 0.3 is 0 Å². The lowest BCUT2D eigenvalue weighted by molar-refractivity contribution is 0.0285. The molecule has 2 nitrogen and oxygen atoms in total. The minimum Gasteiger partial charge on any atom is -0.491 e. The van der Waals surface area contributed by atoms with Crippen LogP contribution in [0.2, 0.25) is 5.02 Å². The van der Waals surface area contributed by atoms with E-state index in [1.54, 1.807) is 38.1 Å². The van der Waals surface area contributed by atoms with Gasteiger partial charge in [-0.1, -0.05) is 11.6 Å². The topological polar surface area (TPSA) is 29.5 Å². The summed E-state index contributed by atoms with van der Waals surface area (Å²) in [7, 11) is 0. The summed E-state index contributed by atoms with van der Waals surface area (Å²) in [4.78, 5) is 0. The molecule has 0 radical (unpaired) electrons. The monoisotopic (exact) mass is 200 g/mol. The van der Waals surface area contributed by atoms with Gasteiger partial charge in [0.25, 0.3) is 0 Å². The van der Waals surface area contributed by atoms with Gasteiger partial charge in [0.2, 0.25) is 0 Å². The number of ether oxygens (including phenoxy) is 1. The molecule has 0 aromatic heterocycles. The van der Waals surface area contributed by atoms with Crippen molar-refractivity contribution in [3.63, 3.8) is 0 Å². The van der Waals surface area contributed by atoms with Gasteiger partial charge in [-0.25, -0.2) is 0 Å². The predicted octanol–water partition coefficient (Wildman–Crippen LogP) is 2.49. The normalized spacial score (nSPS) is 11.4. The Labute approximate surface area is 83.1 Å². The predicted molar refractivity (Wildman–Crippen MR) is 53.2 cm³/mol. The minimum absolute atomic E-state index is 0.272. The van der Waals surface area contributed by atoms with Gasteiger partial charge in [-0.05, 0) is 38.1 Å². The molecule has 0 fully saturated rings. The number of rotatable bonds is 3. The molecule has 0 aliphatic carbocycles. The Morgan fingerprint density at radius 2 is 1.85 bits per heavy atom. The molecule has 0 atom stereocenters. The van der Waals surface area contributed by atoms with Crippen molar-refractivity contribution >= 4 is 11.6 Å². The van der Waals surface area contributed by atoms with Crippen LogP contribution in [0.5, 0.6) is 5.75 Å². The third-order valence-electron chi connectivity index (χ3n) is 1.41. The van der Waals surface area contributed by atoms with Crippen LogP contribution < -0.4 is 4.74 Å². The first kappa shape index (κ1) is 10.4. The fourth-order valence-corrected chi connectivity index (χ4v) is 0.917. The summed E-state index contributed by atoms with van der Waals surface area (Å²) >= 11 is 5.70. The average Bonchev–Trinajstić information content (AvgIpc) is 2.02. The van der Waals surface area contributed by atoms with E-state index in [4.69, 9.17) is 16.3 Å². The Bertz CT molecular complexity index is 261. The quantitative estimate of drug-likeness (QED) is 0.813. The molecule has 13 heavy (non-hydrogen) atoms. The van der Waals surface area contributed by atoms with E-state index in [0.29, 0.717) is 10.8 Å². The molecule has 1 N–H and O–H groups in total. The lowest BCUT2D eigenvalue weighted by Gasteiger charge is -2.17. The molecule has 72 valence electrons. The van der Waals surface area contributed by atoms with Crippen LogP contribution in [0.1, 0.15) is 13.8 Å². The highest BCUT2D eigenvalue weighted by atomic mass is 35.5. The van der Waals surface area contributed by atoms with Crippen molar-refractivity contribution in [1.29, 1.82) is 0 Å². The highest BCUT2D eigenvalue weighted by Gasteiger charge is 2.12. The van der Waals surface area contributed by atoms with E-state index in [2.05, 4.69) is 0 Å². The molecule has 0 amide bonds. The lowest BCUT2D eigenvalue weighted by Crippen LogP contribution is -2.27. The fourth-order valence-electron chi connectivity index (χ4n) is 0.791. The van der Waals surface area contributed by atoms with E-state index in [9.17, 15) is 5.11 Å². The molecule has 0 aliphatic heterocycles. The standard InChI is InChI=1S/C10H13ClO2/c1-10(2,12)7-13-9-5-3-8(11)4-6-9/h3-6,12H,7H2,1-2H3. The van der Waals surface area contributed by atoms with E-state index in [-0.39, 0.29) is 6.61 Å². The molecule has 0 bridgehead atoms. The van der Waals surface area contributed by atoms with Gasteiger partial charge in [0.05, 0.1) is 5.60 Å². The zero-order chi connectivity index (χ0) is 9.90. The maximum Gasteiger partial charge on any atom is 0.119 e. The van der Waals surface area contributed by atoms with Crippen molar-refractivity contribution in [3.8, 4) is 5.75 Å². The molecule has 0 saturated carbocycles. The Morgan fingerprint density at radius 3 is 2.31 bits per heavy atom. The molecule has 0 spiro atoms. The van der Waals surface area contributed by atoms with Crippen molar-refractivity contribution in [2.75, 3.05) is 6.61 Å². The van der Waals surface area contributed by atoms with Crippen molar-refractivity contribution in [2.45, 2.75) is 19.4 Å². The van der Waals surface area contributed by atoms with Crippen molar-refractivity contribution < 1.29 is 9.84 Å². The third kappa shape index (κ3) is 4.15. The van der Waals surface area contributed by atoms with E-state index >= 15 is 0 Å². The average molecular weight is 201 g/mol. The second-order valence-corrected chi connectivity index (χ2v) is 3.99. The van der Waals surface area contributed by atoms with E-state index in [0.717, 1.165) is 0 Å². The van der Waals surface area contributed by atoms with Crippen LogP contribution in [0, 0.1) is 0 Å². The molecule has 1 aromatic rings. The molecule has 0 saturated heterocycles. The Morgan fingerprint density at radius 1 is 1.31 bits per heavy atom. The number of halogens is 1. The SMILES string of the molecule is CC(C)(O)COc1ccc(Cl)cc1. The zero-order valence-electron chi connectivity index (χ0n) is 7.75. The number of benzene rings is 1. The van der Waals surface area contributed by atoms with Crippen molar-refractivity contribution in [3.05, 3.63) is 29.3 Å². The minimum atomic E-state index is -0.806. The molecular weight excluding hydrogens is 188 g/mol.